The fraction of sp³-hybridized carbons (Fsp3) is 0.267. The highest BCUT2D eigenvalue weighted by atomic mass is 16.5. The van der Waals surface area contributed by atoms with Crippen molar-refractivity contribution in [2.75, 3.05) is 31.2 Å². The molecule has 4 rings (SSSR count). The lowest BCUT2D eigenvalue weighted by Gasteiger charge is -2.26. The average molecular weight is 281 g/mol. The minimum absolute atomic E-state index is 0.727. The van der Waals surface area contributed by atoms with Gasteiger partial charge in [-0.2, -0.15) is 0 Å². The predicted octanol–water partition coefficient (Wildman–Crippen LogP) is 1.86. The van der Waals surface area contributed by atoms with Crippen molar-refractivity contribution in [3.8, 4) is 11.3 Å². The van der Waals surface area contributed by atoms with Crippen LogP contribution in [-0.2, 0) is 4.74 Å². The molecule has 3 aromatic rings. The van der Waals surface area contributed by atoms with Crippen LogP contribution in [0.1, 0.15) is 0 Å². The van der Waals surface area contributed by atoms with E-state index in [9.17, 15) is 0 Å². The standard InChI is InChI=1S/C15H15N5O/c1-2-11-12(10-18-14(11)16-4-1)13-3-5-17-15(19-13)20-6-8-21-9-7-20/h1-5,10H,6-9H2,(H,16,18). The summed E-state index contributed by atoms with van der Waals surface area (Å²) in [5, 5.41) is 1.07. The van der Waals surface area contributed by atoms with Crippen molar-refractivity contribution in [2.24, 2.45) is 0 Å². The Balaban J connectivity index is 1.75. The van der Waals surface area contributed by atoms with Gasteiger partial charge < -0.3 is 14.6 Å². The Morgan fingerprint density at radius 3 is 2.90 bits per heavy atom. The second-order valence-electron chi connectivity index (χ2n) is 4.94. The van der Waals surface area contributed by atoms with Crippen LogP contribution in [0.2, 0.25) is 0 Å². The van der Waals surface area contributed by atoms with Crippen LogP contribution in [0.15, 0.2) is 36.8 Å². The van der Waals surface area contributed by atoms with E-state index in [1.807, 2.05) is 30.6 Å². The maximum atomic E-state index is 5.37. The second kappa shape index (κ2) is 5.14. The van der Waals surface area contributed by atoms with Gasteiger partial charge in [0.15, 0.2) is 0 Å². The van der Waals surface area contributed by atoms with Gasteiger partial charge in [0.1, 0.15) is 5.65 Å². The molecule has 6 nitrogen and oxygen atoms in total. The van der Waals surface area contributed by atoms with E-state index in [2.05, 4.69) is 19.9 Å². The van der Waals surface area contributed by atoms with E-state index in [1.54, 1.807) is 6.20 Å². The zero-order valence-electron chi connectivity index (χ0n) is 11.5. The number of aromatic amines is 1. The number of pyridine rings is 1. The van der Waals surface area contributed by atoms with E-state index in [-0.39, 0.29) is 0 Å². The lowest BCUT2D eigenvalue weighted by Crippen LogP contribution is -2.37. The van der Waals surface area contributed by atoms with Gasteiger partial charge in [0.05, 0.1) is 18.9 Å². The third kappa shape index (κ3) is 2.23. The third-order valence-electron chi connectivity index (χ3n) is 3.66. The van der Waals surface area contributed by atoms with E-state index in [1.165, 1.54) is 0 Å². The van der Waals surface area contributed by atoms with Crippen LogP contribution in [0, 0.1) is 0 Å². The van der Waals surface area contributed by atoms with E-state index in [4.69, 9.17) is 9.72 Å². The van der Waals surface area contributed by atoms with Gasteiger partial charge in [0, 0.05) is 42.6 Å². The van der Waals surface area contributed by atoms with Crippen molar-refractivity contribution < 1.29 is 4.74 Å². The number of fused-ring (bicyclic) bond motifs is 1. The molecule has 0 aliphatic carbocycles. The van der Waals surface area contributed by atoms with E-state index in [0.717, 1.165) is 54.5 Å². The number of hydrogen-bond acceptors (Lipinski definition) is 5. The molecule has 1 aliphatic heterocycles. The molecule has 0 saturated carbocycles. The summed E-state index contributed by atoms with van der Waals surface area (Å²) in [6.07, 6.45) is 5.53. The smallest absolute Gasteiger partial charge is 0.226 e. The van der Waals surface area contributed by atoms with Crippen LogP contribution >= 0.6 is 0 Å². The van der Waals surface area contributed by atoms with Crippen LogP contribution in [0.5, 0.6) is 0 Å². The largest absolute Gasteiger partial charge is 0.378 e. The Hall–Kier alpha value is -2.47. The first kappa shape index (κ1) is 12.3. The van der Waals surface area contributed by atoms with Gasteiger partial charge in [0.25, 0.3) is 0 Å². The molecule has 0 aromatic carbocycles. The van der Waals surface area contributed by atoms with Crippen LogP contribution in [-0.4, -0.2) is 46.2 Å². The molecule has 0 unspecified atom stereocenters. The van der Waals surface area contributed by atoms with Crippen molar-refractivity contribution in [2.45, 2.75) is 0 Å². The lowest BCUT2D eigenvalue weighted by molar-refractivity contribution is 0.122. The van der Waals surface area contributed by atoms with Gasteiger partial charge in [-0.3, -0.25) is 0 Å². The summed E-state index contributed by atoms with van der Waals surface area (Å²) < 4.78 is 5.37. The number of nitrogens with one attached hydrogen (secondary N) is 1. The number of H-pyrrole nitrogens is 1. The number of nitrogens with zero attached hydrogens (tertiary/aromatic N) is 4. The molecule has 0 spiro atoms. The Labute approximate surface area is 121 Å². The Kier molecular flexibility index (Phi) is 3.01. The zero-order chi connectivity index (χ0) is 14.1. The normalized spacial score (nSPS) is 15.5. The minimum atomic E-state index is 0.727. The molecular weight excluding hydrogens is 266 g/mol. The van der Waals surface area contributed by atoms with Gasteiger partial charge >= 0.3 is 0 Å². The first-order valence-electron chi connectivity index (χ1n) is 7.00. The quantitative estimate of drug-likeness (QED) is 0.776. The molecule has 1 aliphatic rings. The Morgan fingerprint density at radius 1 is 1.10 bits per heavy atom. The number of ether oxygens (including phenoxy) is 1. The molecule has 4 heterocycles. The summed E-state index contributed by atoms with van der Waals surface area (Å²) in [4.78, 5) is 18.7. The van der Waals surface area contributed by atoms with Crippen molar-refractivity contribution in [3.63, 3.8) is 0 Å². The molecule has 0 amide bonds. The van der Waals surface area contributed by atoms with Crippen LogP contribution < -0.4 is 4.90 Å². The SMILES string of the molecule is c1cnc2[nH]cc(-c3ccnc(N4CCOCC4)n3)c2c1. The van der Waals surface area contributed by atoms with Gasteiger partial charge in [-0.05, 0) is 18.2 Å². The molecule has 106 valence electrons. The highest BCUT2D eigenvalue weighted by Gasteiger charge is 2.15. The number of hydrogen-bond donors (Lipinski definition) is 1. The maximum Gasteiger partial charge on any atom is 0.226 e. The Morgan fingerprint density at radius 2 is 2.00 bits per heavy atom. The maximum absolute atomic E-state index is 5.37. The molecular formula is C15H15N5O. The average Bonchev–Trinajstić information content (AvgIpc) is 3.00. The molecule has 1 fully saturated rings. The molecule has 0 bridgehead atoms. The lowest BCUT2D eigenvalue weighted by atomic mass is 10.1. The molecule has 0 atom stereocenters. The molecule has 6 heteroatoms. The fourth-order valence-electron chi connectivity index (χ4n) is 2.58. The predicted molar refractivity (Wildman–Crippen MR) is 80.2 cm³/mol. The monoisotopic (exact) mass is 281 g/mol. The second-order valence-corrected chi connectivity index (χ2v) is 4.94. The number of rotatable bonds is 2. The fourth-order valence-corrected chi connectivity index (χ4v) is 2.58. The third-order valence-corrected chi connectivity index (χ3v) is 3.66. The van der Waals surface area contributed by atoms with Crippen LogP contribution in [0.3, 0.4) is 0 Å². The molecule has 1 saturated heterocycles. The molecule has 3 aromatic heterocycles. The van der Waals surface area contributed by atoms with Crippen LogP contribution in [0.4, 0.5) is 5.95 Å². The first-order valence-corrected chi connectivity index (χ1v) is 7.00. The van der Waals surface area contributed by atoms with Crippen molar-refractivity contribution in [3.05, 3.63) is 36.8 Å². The number of anilines is 1. The van der Waals surface area contributed by atoms with Crippen molar-refractivity contribution in [1.29, 1.82) is 0 Å². The van der Waals surface area contributed by atoms with Crippen molar-refractivity contribution >= 4 is 17.0 Å². The first-order chi connectivity index (χ1) is 10.4. The summed E-state index contributed by atoms with van der Waals surface area (Å²) in [5.41, 5.74) is 2.83. The number of aromatic nitrogens is 4. The summed E-state index contributed by atoms with van der Waals surface area (Å²) in [7, 11) is 0. The van der Waals surface area contributed by atoms with Crippen molar-refractivity contribution in [1.82, 2.24) is 19.9 Å². The minimum Gasteiger partial charge on any atom is -0.378 e. The van der Waals surface area contributed by atoms with Gasteiger partial charge in [0.2, 0.25) is 5.95 Å². The summed E-state index contributed by atoms with van der Waals surface area (Å²) in [5.74, 6) is 0.758. The van der Waals surface area contributed by atoms with Crippen LogP contribution in [0.25, 0.3) is 22.3 Å². The van der Waals surface area contributed by atoms with Gasteiger partial charge in [-0.25, -0.2) is 15.0 Å². The van der Waals surface area contributed by atoms with E-state index < -0.39 is 0 Å². The molecule has 0 radical (unpaired) electrons. The highest BCUT2D eigenvalue weighted by Crippen LogP contribution is 2.26. The van der Waals surface area contributed by atoms with E-state index in [0.29, 0.717) is 0 Å². The molecule has 1 N–H and O–H groups in total. The number of morpholine rings is 1. The summed E-state index contributed by atoms with van der Waals surface area (Å²) >= 11 is 0. The summed E-state index contributed by atoms with van der Waals surface area (Å²) in [6, 6.07) is 5.91. The Bertz CT molecular complexity index is 763. The zero-order valence-corrected chi connectivity index (χ0v) is 11.5. The highest BCUT2D eigenvalue weighted by molar-refractivity contribution is 5.92. The molecule has 21 heavy (non-hydrogen) atoms. The van der Waals surface area contributed by atoms with Gasteiger partial charge in [-0.1, -0.05) is 0 Å². The van der Waals surface area contributed by atoms with E-state index >= 15 is 0 Å². The topological polar surface area (TPSA) is 66.9 Å². The summed E-state index contributed by atoms with van der Waals surface area (Å²) in [6.45, 7) is 3.12. The van der Waals surface area contributed by atoms with Gasteiger partial charge in [-0.15, -0.1) is 0 Å².